The largest absolute Gasteiger partial charge is 0.480 e. The number of carbonyl (C=O) groups excluding carboxylic acids is 4. The highest BCUT2D eigenvalue weighted by Crippen LogP contribution is 2.21. The molecule has 4 amide bonds. The lowest BCUT2D eigenvalue weighted by molar-refractivity contribution is -0.143. The van der Waals surface area contributed by atoms with Gasteiger partial charge in [-0.2, -0.15) is 0 Å². The van der Waals surface area contributed by atoms with Gasteiger partial charge in [0.2, 0.25) is 23.6 Å². The van der Waals surface area contributed by atoms with E-state index in [9.17, 15) is 29.1 Å². The summed E-state index contributed by atoms with van der Waals surface area (Å²) in [7, 11) is 0. The van der Waals surface area contributed by atoms with Crippen molar-refractivity contribution in [2.45, 2.75) is 70.1 Å². The van der Waals surface area contributed by atoms with Gasteiger partial charge in [-0.25, -0.2) is 9.78 Å². The van der Waals surface area contributed by atoms with Crippen LogP contribution in [0.25, 0.3) is 0 Å². The van der Waals surface area contributed by atoms with E-state index < -0.39 is 54.3 Å². The summed E-state index contributed by atoms with van der Waals surface area (Å²) in [6.07, 6.45) is 3.80. The molecule has 13 heteroatoms. The molecule has 5 unspecified atom stereocenters. The third kappa shape index (κ3) is 7.01. The van der Waals surface area contributed by atoms with Crippen LogP contribution in [0.15, 0.2) is 12.5 Å². The molecule has 0 saturated carbocycles. The number of aromatic nitrogens is 2. The maximum atomic E-state index is 13.0. The highest BCUT2D eigenvalue weighted by atomic mass is 16.4. The van der Waals surface area contributed by atoms with Crippen LogP contribution in [0.4, 0.5) is 0 Å². The van der Waals surface area contributed by atoms with Crippen molar-refractivity contribution in [3.8, 4) is 0 Å². The van der Waals surface area contributed by atoms with E-state index in [0.717, 1.165) is 0 Å². The van der Waals surface area contributed by atoms with Gasteiger partial charge in [-0.3, -0.25) is 19.2 Å². The van der Waals surface area contributed by atoms with E-state index in [4.69, 9.17) is 11.5 Å². The Morgan fingerprint density at radius 2 is 1.97 bits per heavy atom. The number of amides is 4. The van der Waals surface area contributed by atoms with Crippen LogP contribution >= 0.6 is 0 Å². The number of hydrogen-bond acceptors (Lipinski definition) is 7. The van der Waals surface area contributed by atoms with Crippen LogP contribution in [0.1, 0.15) is 45.2 Å². The van der Waals surface area contributed by atoms with Gasteiger partial charge in [0.15, 0.2) is 0 Å². The molecule has 2 rings (SSSR count). The summed E-state index contributed by atoms with van der Waals surface area (Å²) in [6.45, 7) is 4.11. The van der Waals surface area contributed by atoms with E-state index in [-0.39, 0.29) is 18.2 Å². The number of aliphatic carboxylic acids is 1. The van der Waals surface area contributed by atoms with Crippen molar-refractivity contribution in [3.63, 3.8) is 0 Å². The summed E-state index contributed by atoms with van der Waals surface area (Å²) in [6, 6.07) is -4.36. The van der Waals surface area contributed by atoms with Crippen molar-refractivity contribution in [1.29, 1.82) is 0 Å². The van der Waals surface area contributed by atoms with Crippen LogP contribution in [0.3, 0.4) is 0 Å². The molecule has 1 fully saturated rings. The fourth-order valence-corrected chi connectivity index (χ4v) is 3.76. The number of hydrogen-bond donors (Lipinski definition) is 6. The van der Waals surface area contributed by atoms with E-state index >= 15 is 0 Å². The molecular weight excluding hydrogens is 446 g/mol. The molecule has 188 valence electrons. The topological polar surface area (TPSA) is 214 Å². The van der Waals surface area contributed by atoms with E-state index in [2.05, 4.69) is 20.6 Å². The summed E-state index contributed by atoms with van der Waals surface area (Å²) in [5.41, 5.74) is 11.8. The van der Waals surface area contributed by atoms with Gasteiger partial charge in [0, 0.05) is 24.9 Å². The second kappa shape index (κ2) is 12.1. The highest BCUT2D eigenvalue weighted by molar-refractivity contribution is 5.96. The second-order valence-electron chi connectivity index (χ2n) is 8.51. The molecule has 0 aromatic carbocycles. The number of imidazole rings is 1. The molecule has 0 aliphatic carbocycles. The van der Waals surface area contributed by atoms with Gasteiger partial charge in [-0.1, -0.05) is 20.3 Å². The maximum Gasteiger partial charge on any atom is 0.326 e. The van der Waals surface area contributed by atoms with E-state index in [1.165, 1.54) is 17.4 Å². The fourth-order valence-electron chi connectivity index (χ4n) is 3.76. The summed E-state index contributed by atoms with van der Waals surface area (Å²) in [5, 5.41) is 14.3. The first-order valence-corrected chi connectivity index (χ1v) is 11.2. The minimum Gasteiger partial charge on any atom is -0.480 e. The number of nitrogens with one attached hydrogen (secondary N) is 3. The maximum absolute atomic E-state index is 13.0. The van der Waals surface area contributed by atoms with Crippen LogP contribution in [0.5, 0.6) is 0 Å². The Labute approximate surface area is 197 Å². The molecule has 0 bridgehead atoms. The van der Waals surface area contributed by atoms with Crippen molar-refractivity contribution in [1.82, 2.24) is 25.5 Å². The molecule has 1 aromatic rings. The predicted octanol–water partition coefficient (Wildman–Crippen LogP) is -1.75. The minimum atomic E-state index is -1.41. The van der Waals surface area contributed by atoms with Gasteiger partial charge >= 0.3 is 5.97 Å². The lowest BCUT2D eigenvalue weighted by Crippen LogP contribution is -2.58. The number of aromatic amines is 1. The molecule has 1 aliphatic rings. The Hall–Kier alpha value is -3.48. The number of carbonyl (C=O) groups is 5. The molecule has 5 atom stereocenters. The molecule has 13 nitrogen and oxygen atoms in total. The molecule has 1 aliphatic heterocycles. The number of carboxylic acids is 1. The predicted molar refractivity (Wildman–Crippen MR) is 120 cm³/mol. The van der Waals surface area contributed by atoms with Gasteiger partial charge < -0.3 is 37.1 Å². The summed E-state index contributed by atoms with van der Waals surface area (Å²) >= 11 is 0. The summed E-state index contributed by atoms with van der Waals surface area (Å²) in [4.78, 5) is 69.7. The normalized spacial score (nSPS) is 19.0. The SMILES string of the molecule is CCC(C)C(N)C(=O)N1CCCC1C(=O)NC(CC(N)=O)C(=O)NC(Cc1cnc[nH]1)C(=O)O. The standard InChI is InChI=1S/C21H33N7O6/c1-3-11(2)17(23)20(32)28-6-4-5-15(28)19(31)26-13(8-16(22)29)18(30)27-14(21(33)34)7-12-9-24-10-25-12/h9-11,13-15,17H,3-8,23H2,1-2H3,(H2,22,29)(H,24,25)(H,26,31)(H,27,30)(H,33,34). The number of carboxylic acid groups (broad SMARTS) is 1. The zero-order valence-corrected chi connectivity index (χ0v) is 19.3. The Bertz CT molecular complexity index is 890. The molecule has 2 heterocycles. The lowest BCUT2D eigenvalue weighted by atomic mass is 9.98. The Balaban J connectivity index is 2.11. The molecule has 0 radical (unpaired) electrons. The second-order valence-corrected chi connectivity index (χ2v) is 8.51. The van der Waals surface area contributed by atoms with Crippen molar-refractivity contribution >= 4 is 29.6 Å². The first-order chi connectivity index (χ1) is 16.0. The van der Waals surface area contributed by atoms with Gasteiger partial charge in [0.05, 0.1) is 18.8 Å². The average Bonchev–Trinajstić information content (AvgIpc) is 3.48. The molecule has 1 saturated heterocycles. The summed E-state index contributed by atoms with van der Waals surface area (Å²) in [5.74, 6) is -4.12. The van der Waals surface area contributed by atoms with E-state index in [1.807, 2.05) is 13.8 Å². The van der Waals surface area contributed by atoms with Crippen molar-refractivity contribution in [2.75, 3.05) is 6.54 Å². The fraction of sp³-hybridized carbons (Fsp3) is 0.619. The number of H-pyrrole nitrogens is 1. The van der Waals surface area contributed by atoms with Gasteiger partial charge in [0.1, 0.15) is 18.1 Å². The molecule has 1 aromatic heterocycles. The van der Waals surface area contributed by atoms with Gasteiger partial charge in [0.25, 0.3) is 0 Å². The van der Waals surface area contributed by atoms with Gasteiger partial charge in [-0.15, -0.1) is 0 Å². The molecule has 34 heavy (non-hydrogen) atoms. The number of primary amides is 1. The zero-order chi connectivity index (χ0) is 25.4. The number of likely N-dealkylation sites (tertiary alicyclic amines) is 1. The number of rotatable bonds is 12. The smallest absolute Gasteiger partial charge is 0.326 e. The van der Waals surface area contributed by atoms with Crippen LogP contribution in [-0.2, 0) is 30.4 Å². The Morgan fingerprint density at radius 1 is 1.26 bits per heavy atom. The highest BCUT2D eigenvalue weighted by Gasteiger charge is 2.39. The number of nitrogens with zero attached hydrogens (tertiary/aromatic N) is 2. The first-order valence-electron chi connectivity index (χ1n) is 11.2. The van der Waals surface area contributed by atoms with Crippen molar-refractivity contribution < 1.29 is 29.1 Å². The monoisotopic (exact) mass is 479 g/mol. The third-order valence-electron chi connectivity index (χ3n) is 6.01. The zero-order valence-electron chi connectivity index (χ0n) is 19.3. The first kappa shape index (κ1) is 26.8. The minimum absolute atomic E-state index is 0.0759. The Kier molecular flexibility index (Phi) is 9.54. The van der Waals surface area contributed by atoms with E-state index in [0.29, 0.717) is 31.5 Å². The third-order valence-corrected chi connectivity index (χ3v) is 6.01. The van der Waals surface area contributed by atoms with Crippen LogP contribution in [0.2, 0.25) is 0 Å². The Morgan fingerprint density at radius 3 is 2.53 bits per heavy atom. The average molecular weight is 480 g/mol. The number of nitrogens with two attached hydrogens (primary N) is 2. The van der Waals surface area contributed by atoms with Crippen molar-refractivity contribution in [2.24, 2.45) is 17.4 Å². The van der Waals surface area contributed by atoms with Crippen LogP contribution < -0.4 is 22.1 Å². The lowest BCUT2D eigenvalue weighted by Gasteiger charge is -2.30. The quantitative estimate of drug-likeness (QED) is 0.202. The van der Waals surface area contributed by atoms with Gasteiger partial charge in [-0.05, 0) is 18.8 Å². The molecule has 0 spiro atoms. The van der Waals surface area contributed by atoms with Crippen LogP contribution in [0, 0.1) is 5.92 Å². The van der Waals surface area contributed by atoms with E-state index in [1.54, 1.807) is 0 Å². The van der Waals surface area contributed by atoms with Crippen LogP contribution in [-0.4, -0.2) is 80.3 Å². The van der Waals surface area contributed by atoms with Crippen molar-refractivity contribution in [3.05, 3.63) is 18.2 Å². The molecular formula is C21H33N7O6. The summed E-state index contributed by atoms with van der Waals surface area (Å²) < 4.78 is 0. The molecule has 8 N–H and O–H groups in total.